The number of nitrogens with zero attached hydrogens (tertiary/aromatic N) is 2. The molecule has 4 aromatic rings. The Kier molecular flexibility index (Phi) is 11.5. The lowest BCUT2D eigenvalue weighted by molar-refractivity contribution is -0.140. The molecule has 0 spiro atoms. The van der Waals surface area contributed by atoms with E-state index in [1.807, 2.05) is 51.1 Å². The minimum absolute atomic E-state index is 0.0111. The summed E-state index contributed by atoms with van der Waals surface area (Å²) in [5.74, 6) is -1.46. The summed E-state index contributed by atoms with van der Waals surface area (Å²) < 4.78 is 44.9. The second-order valence-corrected chi connectivity index (χ2v) is 14.0. The van der Waals surface area contributed by atoms with Crippen molar-refractivity contribution in [1.29, 1.82) is 0 Å². The van der Waals surface area contributed by atoms with Crippen LogP contribution in [0.4, 0.5) is 10.1 Å². The predicted octanol–water partition coefficient (Wildman–Crippen LogP) is 6.50. The van der Waals surface area contributed by atoms with Crippen LogP contribution in [-0.4, -0.2) is 44.3 Å². The SMILES string of the molecule is Cc1ccc(S(=O)(=O)N(CC(=O)N(Cc2ccccc2F)[C@H](Cc2ccccc2)C(=O)NCC(C)C)c2cccc(Br)c2)cc1. The maximum atomic E-state index is 15.0. The minimum atomic E-state index is -4.23. The first-order chi connectivity index (χ1) is 21.5. The van der Waals surface area contributed by atoms with Crippen LogP contribution in [0.2, 0.25) is 0 Å². The summed E-state index contributed by atoms with van der Waals surface area (Å²) in [4.78, 5) is 29.5. The molecule has 1 atom stereocenters. The minimum Gasteiger partial charge on any atom is -0.354 e. The van der Waals surface area contributed by atoms with Crippen LogP contribution in [0.15, 0.2) is 112 Å². The second-order valence-electron chi connectivity index (χ2n) is 11.3. The standard InChI is InChI=1S/C35H37BrFN3O4S/c1-25(2)22-38-35(42)33(20-27-10-5-4-6-11-27)39(23-28-12-7-8-15-32(28)37)34(41)24-40(30-14-9-13-29(36)21-30)45(43,44)31-18-16-26(3)17-19-31/h4-19,21,25,33H,20,22-24H2,1-3H3,(H,38,42)/t33-/m1/s1. The van der Waals surface area contributed by atoms with Crippen molar-refractivity contribution in [2.24, 2.45) is 5.92 Å². The van der Waals surface area contributed by atoms with E-state index in [1.54, 1.807) is 54.6 Å². The topological polar surface area (TPSA) is 86.8 Å². The van der Waals surface area contributed by atoms with E-state index in [-0.39, 0.29) is 35.0 Å². The lowest BCUT2D eigenvalue weighted by atomic mass is 10.0. The van der Waals surface area contributed by atoms with Gasteiger partial charge in [0, 0.05) is 29.5 Å². The number of amides is 2. The van der Waals surface area contributed by atoms with E-state index in [0.717, 1.165) is 15.4 Å². The van der Waals surface area contributed by atoms with E-state index in [4.69, 9.17) is 0 Å². The molecule has 0 aliphatic rings. The highest BCUT2D eigenvalue weighted by atomic mass is 79.9. The molecule has 0 aliphatic carbocycles. The van der Waals surface area contributed by atoms with Gasteiger partial charge in [-0.3, -0.25) is 13.9 Å². The van der Waals surface area contributed by atoms with E-state index >= 15 is 4.39 Å². The second kappa shape index (κ2) is 15.3. The van der Waals surface area contributed by atoms with Gasteiger partial charge in [0.1, 0.15) is 18.4 Å². The first-order valence-corrected chi connectivity index (χ1v) is 16.9. The Morgan fingerprint density at radius 1 is 0.889 bits per heavy atom. The number of carbonyl (C=O) groups is 2. The predicted molar refractivity (Wildman–Crippen MR) is 179 cm³/mol. The largest absolute Gasteiger partial charge is 0.354 e. The lowest BCUT2D eigenvalue weighted by Crippen LogP contribution is -2.53. The summed E-state index contributed by atoms with van der Waals surface area (Å²) >= 11 is 3.41. The zero-order valence-corrected chi connectivity index (χ0v) is 27.9. The number of halogens is 2. The quantitative estimate of drug-likeness (QED) is 0.173. The monoisotopic (exact) mass is 693 g/mol. The Balaban J connectivity index is 1.81. The molecule has 1 N–H and O–H groups in total. The molecule has 45 heavy (non-hydrogen) atoms. The van der Waals surface area contributed by atoms with Crippen molar-refractivity contribution in [3.8, 4) is 0 Å². The van der Waals surface area contributed by atoms with E-state index in [9.17, 15) is 18.0 Å². The molecule has 7 nitrogen and oxygen atoms in total. The van der Waals surface area contributed by atoms with Crippen molar-refractivity contribution in [2.45, 2.75) is 44.7 Å². The Bertz CT molecular complexity index is 1720. The smallest absolute Gasteiger partial charge is 0.264 e. The lowest BCUT2D eigenvalue weighted by Gasteiger charge is -2.34. The Morgan fingerprint density at radius 2 is 1.56 bits per heavy atom. The van der Waals surface area contributed by atoms with Crippen molar-refractivity contribution in [3.63, 3.8) is 0 Å². The van der Waals surface area contributed by atoms with E-state index in [0.29, 0.717) is 11.0 Å². The van der Waals surface area contributed by atoms with Crippen molar-refractivity contribution in [3.05, 3.63) is 130 Å². The van der Waals surface area contributed by atoms with E-state index in [2.05, 4.69) is 21.2 Å². The zero-order chi connectivity index (χ0) is 32.6. The van der Waals surface area contributed by atoms with Gasteiger partial charge in [-0.15, -0.1) is 0 Å². The highest BCUT2D eigenvalue weighted by Gasteiger charge is 2.35. The molecule has 0 aromatic heterocycles. The van der Waals surface area contributed by atoms with E-state index < -0.39 is 40.2 Å². The molecule has 10 heteroatoms. The average molecular weight is 695 g/mol. The summed E-state index contributed by atoms with van der Waals surface area (Å²) in [6.45, 7) is 5.28. The van der Waals surface area contributed by atoms with Gasteiger partial charge in [0.05, 0.1) is 10.6 Å². The van der Waals surface area contributed by atoms with Crippen molar-refractivity contribution in [1.82, 2.24) is 10.2 Å². The molecule has 0 heterocycles. The Hall–Kier alpha value is -4.02. The highest BCUT2D eigenvalue weighted by Crippen LogP contribution is 2.27. The maximum absolute atomic E-state index is 15.0. The molecule has 0 unspecified atom stereocenters. The van der Waals surface area contributed by atoms with Gasteiger partial charge in [0.25, 0.3) is 10.0 Å². The molecule has 0 bridgehead atoms. The fourth-order valence-electron chi connectivity index (χ4n) is 4.78. The van der Waals surface area contributed by atoms with Crippen LogP contribution in [0, 0.1) is 18.7 Å². The molecule has 0 aliphatic heterocycles. The summed E-state index contributed by atoms with van der Waals surface area (Å²) in [5, 5.41) is 2.93. The van der Waals surface area contributed by atoms with E-state index in [1.165, 1.54) is 23.1 Å². The number of sulfonamides is 1. The number of hydrogen-bond donors (Lipinski definition) is 1. The third kappa shape index (κ3) is 9.02. The van der Waals surface area contributed by atoms with Gasteiger partial charge in [0.2, 0.25) is 11.8 Å². The fraction of sp³-hybridized carbons (Fsp3) is 0.257. The number of hydrogen-bond acceptors (Lipinski definition) is 4. The molecule has 2 amide bonds. The van der Waals surface area contributed by atoms with Gasteiger partial charge in [-0.05, 0) is 54.8 Å². The molecule has 0 saturated heterocycles. The fourth-order valence-corrected chi connectivity index (χ4v) is 6.58. The van der Waals surface area contributed by atoms with Gasteiger partial charge in [-0.1, -0.05) is 102 Å². The molecule has 0 saturated carbocycles. The van der Waals surface area contributed by atoms with Crippen molar-refractivity contribution >= 4 is 43.5 Å². The number of anilines is 1. The highest BCUT2D eigenvalue weighted by molar-refractivity contribution is 9.10. The van der Waals surface area contributed by atoms with Crippen molar-refractivity contribution in [2.75, 3.05) is 17.4 Å². The molecular weight excluding hydrogens is 657 g/mol. The van der Waals surface area contributed by atoms with Gasteiger partial charge in [0.15, 0.2) is 0 Å². The Morgan fingerprint density at radius 3 is 2.20 bits per heavy atom. The summed E-state index contributed by atoms with van der Waals surface area (Å²) in [7, 11) is -4.23. The van der Waals surface area contributed by atoms with Crippen LogP contribution in [0.3, 0.4) is 0 Å². The van der Waals surface area contributed by atoms with Crippen molar-refractivity contribution < 1.29 is 22.4 Å². The molecule has 236 valence electrons. The molecule has 4 aromatic carbocycles. The van der Waals surface area contributed by atoms with Crippen LogP contribution in [0.5, 0.6) is 0 Å². The first kappa shape index (κ1) is 33.9. The van der Waals surface area contributed by atoms with Crippen LogP contribution in [0.25, 0.3) is 0 Å². The number of rotatable bonds is 13. The molecular formula is C35H37BrFN3O4S. The van der Waals surface area contributed by atoms with Gasteiger partial charge >= 0.3 is 0 Å². The molecule has 0 radical (unpaired) electrons. The number of aryl methyl sites for hydroxylation is 1. The molecule has 4 rings (SSSR count). The van der Waals surface area contributed by atoms with Crippen LogP contribution in [0.1, 0.15) is 30.5 Å². The number of carbonyl (C=O) groups excluding carboxylic acids is 2. The van der Waals surface area contributed by atoms with Gasteiger partial charge in [-0.2, -0.15) is 0 Å². The Labute approximate surface area is 273 Å². The van der Waals surface area contributed by atoms with Gasteiger partial charge in [-0.25, -0.2) is 12.8 Å². The maximum Gasteiger partial charge on any atom is 0.264 e. The normalized spacial score (nSPS) is 12.0. The van der Waals surface area contributed by atoms with Crippen LogP contribution < -0.4 is 9.62 Å². The van der Waals surface area contributed by atoms with Crippen LogP contribution in [-0.2, 0) is 32.6 Å². The molecule has 0 fully saturated rings. The number of benzene rings is 4. The first-order valence-electron chi connectivity index (χ1n) is 14.6. The zero-order valence-electron chi connectivity index (χ0n) is 25.5. The average Bonchev–Trinajstić information content (AvgIpc) is 3.01. The number of nitrogens with one attached hydrogen (secondary N) is 1. The van der Waals surface area contributed by atoms with Crippen LogP contribution >= 0.6 is 15.9 Å². The third-order valence-corrected chi connectivity index (χ3v) is 9.52. The third-order valence-electron chi connectivity index (χ3n) is 7.24. The summed E-state index contributed by atoms with van der Waals surface area (Å²) in [6.07, 6.45) is 0.145. The summed E-state index contributed by atoms with van der Waals surface area (Å²) in [6, 6.07) is 27.2. The van der Waals surface area contributed by atoms with Gasteiger partial charge < -0.3 is 10.2 Å². The summed E-state index contributed by atoms with van der Waals surface area (Å²) in [5.41, 5.74) is 2.14.